The number of aliphatic imine (C=N–C) groups is 1. The molecule has 2 aromatic rings. The lowest BCUT2D eigenvalue weighted by molar-refractivity contribution is 0.190. The summed E-state index contributed by atoms with van der Waals surface area (Å²) >= 11 is 0. The van der Waals surface area contributed by atoms with Crippen molar-refractivity contribution in [1.29, 1.82) is 0 Å². The first-order valence-electron chi connectivity index (χ1n) is 10.4. The van der Waals surface area contributed by atoms with Gasteiger partial charge in [-0.1, -0.05) is 55.3 Å². The van der Waals surface area contributed by atoms with E-state index in [4.69, 9.17) is 0 Å². The summed E-state index contributed by atoms with van der Waals surface area (Å²) in [5.74, 6) is -0.0595. The second kappa shape index (κ2) is 9.07. The first-order chi connectivity index (χ1) is 14.6. The van der Waals surface area contributed by atoms with Crippen LogP contribution in [0.1, 0.15) is 31.2 Å². The maximum Gasteiger partial charge on any atom is 0.347 e. The van der Waals surface area contributed by atoms with Crippen LogP contribution in [0.25, 0.3) is 0 Å². The number of hydrogen-bond donors (Lipinski definition) is 2. The van der Waals surface area contributed by atoms with Crippen LogP contribution < -0.4 is 10.6 Å². The quantitative estimate of drug-likeness (QED) is 0.777. The molecule has 0 aromatic heterocycles. The van der Waals surface area contributed by atoms with Crippen LogP contribution in [0.15, 0.2) is 59.6 Å². The zero-order valence-electron chi connectivity index (χ0n) is 16.7. The van der Waals surface area contributed by atoms with Gasteiger partial charge < -0.3 is 10.6 Å². The standard InChI is InChI=1S/C23H25FN4O2/c24-18-11-5-7-13-20(18)25-22(29)27-21-17-10-4-6-12-19(17)26-23(30)28(21)15-14-16-8-2-1-3-9-16/h1-3,5,7-9,11,13,17,19H,4,6,10,12,14-15H2,(H,25,29)(H,26,30)/b27-21+. The first-order valence-corrected chi connectivity index (χ1v) is 10.4. The second-order valence-electron chi connectivity index (χ2n) is 7.71. The van der Waals surface area contributed by atoms with Crippen LogP contribution >= 0.6 is 0 Å². The number of nitrogens with one attached hydrogen (secondary N) is 2. The zero-order valence-corrected chi connectivity index (χ0v) is 16.7. The summed E-state index contributed by atoms with van der Waals surface area (Å²) in [5.41, 5.74) is 1.18. The molecule has 2 N–H and O–H groups in total. The Balaban J connectivity index is 1.57. The minimum absolute atomic E-state index is 0.0146. The monoisotopic (exact) mass is 408 g/mol. The van der Waals surface area contributed by atoms with Crippen molar-refractivity contribution in [1.82, 2.24) is 10.2 Å². The molecule has 1 saturated carbocycles. The highest BCUT2D eigenvalue weighted by molar-refractivity contribution is 6.08. The number of carbonyl (C=O) groups is 2. The van der Waals surface area contributed by atoms with Crippen molar-refractivity contribution in [3.8, 4) is 0 Å². The lowest BCUT2D eigenvalue weighted by Crippen LogP contribution is -2.61. The molecule has 156 valence electrons. The van der Waals surface area contributed by atoms with E-state index in [1.54, 1.807) is 17.0 Å². The fourth-order valence-electron chi connectivity index (χ4n) is 4.21. The lowest BCUT2D eigenvalue weighted by atomic mass is 9.82. The number of benzene rings is 2. The van der Waals surface area contributed by atoms with Crippen molar-refractivity contribution in [3.05, 3.63) is 66.0 Å². The molecule has 0 bridgehead atoms. The number of para-hydroxylation sites is 1. The second-order valence-corrected chi connectivity index (χ2v) is 7.71. The van der Waals surface area contributed by atoms with E-state index >= 15 is 0 Å². The number of amides is 4. The molecule has 2 atom stereocenters. The highest BCUT2D eigenvalue weighted by Crippen LogP contribution is 2.30. The van der Waals surface area contributed by atoms with Gasteiger partial charge in [0.1, 0.15) is 11.7 Å². The minimum Gasteiger partial charge on any atom is -0.334 e. The molecule has 0 spiro atoms. The summed E-state index contributed by atoms with van der Waals surface area (Å²) in [7, 11) is 0. The Kier molecular flexibility index (Phi) is 6.07. The van der Waals surface area contributed by atoms with Crippen molar-refractivity contribution >= 4 is 23.6 Å². The van der Waals surface area contributed by atoms with Gasteiger partial charge in [0.25, 0.3) is 0 Å². The van der Waals surface area contributed by atoms with Crippen molar-refractivity contribution in [2.45, 2.75) is 38.1 Å². The van der Waals surface area contributed by atoms with Crippen molar-refractivity contribution < 1.29 is 14.0 Å². The molecular weight excluding hydrogens is 383 g/mol. The molecule has 4 amide bonds. The van der Waals surface area contributed by atoms with Gasteiger partial charge in [-0.25, -0.2) is 14.0 Å². The molecule has 0 radical (unpaired) electrons. The largest absolute Gasteiger partial charge is 0.347 e. The van der Waals surface area contributed by atoms with Gasteiger partial charge in [0.2, 0.25) is 0 Å². The van der Waals surface area contributed by atoms with Gasteiger partial charge in [0, 0.05) is 18.5 Å². The number of rotatable bonds is 4. The van der Waals surface area contributed by atoms with E-state index in [9.17, 15) is 14.0 Å². The Morgan fingerprint density at radius 3 is 2.63 bits per heavy atom. The number of amidine groups is 1. The smallest absolute Gasteiger partial charge is 0.334 e. The molecule has 4 rings (SSSR count). The van der Waals surface area contributed by atoms with E-state index in [0.29, 0.717) is 18.8 Å². The number of hydrogen-bond acceptors (Lipinski definition) is 2. The highest BCUT2D eigenvalue weighted by atomic mass is 19.1. The van der Waals surface area contributed by atoms with Gasteiger partial charge in [0.15, 0.2) is 0 Å². The van der Waals surface area contributed by atoms with Gasteiger partial charge in [-0.2, -0.15) is 4.99 Å². The molecule has 1 aliphatic carbocycles. The average Bonchev–Trinajstić information content (AvgIpc) is 2.75. The Morgan fingerprint density at radius 2 is 1.83 bits per heavy atom. The summed E-state index contributed by atoms with van der Waals surface area (Å²) in [6.07, 6.45) is 4.45. The fourth-order valence-corrected chi connectivity index (χ4v) is 4.21. The Hall–Kier alpha value is -3.22. The highest BCUT2D eigenvalue weighted by Gasteiger charge is 2.40. The van der Waals surface area contributed by atoms with Crippen molar-refractivity contribution in [2.24, 2.45) is 10.9 Å². The molecule has 6 nitrogen and oxygen atoms in total. The maximum absolute atomic E-state index is 13.9. The Bertz CT molecular complexity index is 947. The van der Waals surface area contributed by atoms with Crippen molar-refractivity contribution in [3.63, 3.8) is 0 Å². The molecule has 7 heteroatoms. The van der Waals surface area contributed by atoms with E-state index in [1.165, 1.54) is 12.1 Å². The van der Waals surface area contributed by atoms with Gasteiger partial charge >= 0.3 is 12.1 Å². The number of nitrogens with zero attached hydrogens (tertiary/aromatic N) is 2. The summed E-state index contributed by atoms with van der Waals surface area (Å²) in [6, 6.07) is 14.9. The summed E-state index contributed by atoms with van der Waals surface area (Å²) in [5, 5.41) is 5.58. The summed E-state index contributed by atoms with van der Waals surface area (Å²) in [4.78, 5) is 31.3. The van der Waals surface area contributed by atoms with Crippen LogP contribution in [0, 0.1) is 11.7 Å². The molecule has 2 unspecified atom stereocenters. The number of anilines is 1. The molecule has 1 saturated heterocycles. The van der Waals surface area contributed by atoms with Gasteiger partial charge in [0.05, 0.1) is 5.69 Å². The van der Waals surface area contributed by atoms with Crippen LogP contribution in [-0.2, 0) is 6.42 Å². The Morgan fingerprint density at radius 1 is 1.10 bits per heavy atom. The van der Waals surface area contributed by atoms with Gasteiger partial charge in [-0.3, -0.25) is 4.90 Å². The summed E-state index contributed by atoms with van der Waals surface area (Å²) < 4.78 is 13.9. The van der Waals surface area contributed by atoms with Crippen LogP contribution in [-0.4, -0.2) is 35.4 Å². The van der Waals surface area contributed by atoms with Crippen LogP contribution in [0.2, 0.25) is 0 Å². The average molecular weight is 408 g/mol. The van der Waals surface area contributed by atoms with E-state index in [0.717, 1.165) is 31.2 Å². The summed E-state index contributed by atoms with van der Waals surface area (Å²) in [6.45, 7) is 0.422. The molecular formula is C23H25FN4O2. The molecule has 2 fully saturated rings. The van der Waals surface area contributed by atoms with E-state index in [1.807, 2.05) is 30.3 Å². The molecule has 30 heavy (non-hydrogen) atoms. The topological polar surface area (TPSA) is 73.8 Å². The third-order valence-corrected chi connectivity index (χ3v) is 5.73. The lowest BCUT2D eigenvalue weighted by Gasteiger charge is -2.42. The van der Waals surface area contributed by atoms with Crippen LogP contribution in [0.4, 0.5) is 19.7 Å². The number of urea groups is 2. The van der Waals surface area contributed by atoms with Crippen LogP contribution in [0.3, 0.4) is 0 Å². The van der Waals surface area contributed by atoms with Crippen LogP contribution in [0.5, 0.6) is 0 Å². The molecule has 2 aliphatic rings. The first kappa shape index (κ1) is 20.1. The van der Waals surface area contributed by atoms with Gasteiger partial charge in [-0.15, -0.1) is 0 Å². The Labute approximate surface area is 175 Å². The SMILES string of the molecule is O=C(/N=C1\C2CCCCC2NC(=O)N1CCc1ccccc1)Nc1ccccc1F. The van der Waals surface area contributed by atoms with Gasteiger partial charge in [-0.05, 0) is 37.0 Å². The predicted molar refractivity (Wildman–Crippen MR) is 114 cm³/mol. The minimum atomic E-state index is -0.668. The fraction of sp³-hybridized carbons (Fsp3) is 0.348. The number of carbonyl (C=O) groups excluding carboxylic acids is 2. The number of fused-ring (bicyclic) bond motifs is 1. The maximum atomic E-state index is 13.9. The molecule has 1 heterocycles. The molecule has 1 aliphatic heterocycles. The van der Waals surface area contributed by atoms with E-state index in [2.05, 4.69) is 15.6 Å². The molecule has 2 aromatic carbocycles. The zero-order chi connectivity index (χ0) is 20.9. The third-order valence-electron chi connectivity index (χ3n) is 5.73. The number of halogens is 1. The van der Waals surface area contributed by atoms with E-state index < -0.39 is 11.8 Å². The van der Waals surface area contributed by atoms with Crippen molar-refractivity contribution in [2.75, 3.05) is 11.9 Å². The third kappa shape index (κ3) is 4.50. The normalized spacial score (nSPS) is 22.4. The predicted octanol–water partition coefficient (Wildman–Crippen LogP) is 4.58. The van der Waals surface area contributed by atoms with E-state index in [-0.39, 0.29) is 23.7 Å².